The Morgan fingerprint density at radius 2 is 2.00 bits per heavy atom. The van der Waals surface area contributed by atoms with Crippen LogP contribution in [0.4, 0.5) is 0 Å². The molecule has 0 aromatic carbocycles. The number of nitrogens with zero attached hydrogens (tertiary/aromatic N) is 1. The van der Waals surface area contributed by atoms with Crippen molar-refractivity contribution in [3.63, 3.8) is 0 Å². The van der Waals surface area contributed by atoms with Gasteiger partial charge >= 0.3 is 5.97 Å². The van der Waals surface area contributed by atoms with Crippen LogP contribution in [-0.2, 0) is 9.59 Å². The fraction of sp³-hybridized carbons (Fsp3) is 0.550. The van der Waals surface area contributed by atoms with Crippen LogP contribution in [0.5, 0.6) is 0 Å². The Balaban J connectivity index is 2.36. The molecule has 1 aromatic heterocycles. The summed E-state index contributed by atoms with van der Waals surface area (Å²) in [5.74, 6) is -0.255. The number of nitrogens with one attached hydrogen (secondary N) is 1. The summed E-state index contributed by atoms with van der Waals surface area (Å²) in [5, 5.41) is 11.9. The summed E-state index contributed by atoms with van der Waals surface area (Å²) < 4.78 is 0. The summed E-state index contributed by atoms with van der Waals surface area (Å²) in [6, 6.07) is 3.65. The first-order chi connectivity index (χ1) is 12.6. The van der Waals surface area contributed by atoms with Gasteiger partial charge in [-0.25, -0.2) is 0 Å². The summed E-state index contributed by atoms with van der Waals surface area (Å²) in [6.07, 6.45) is 14.1. The van der Waals surface area contributed by atoms with Crippen molar-refractivity contribution in [2.24, 2.45) is 0 Å². The number of hydrogen-bond acceptors (Lipinski definition) is 4. The molecule has 0 unspecified atom stereocenters. The van der Waals surface area contributed by atoms with E-state index in [2.05, 4.69) is 23.3 Å². The predicted octanol–water partition coefficient (Wildman–Crippen LogP) is 4.44. The van der Waals surface area contributed by atoms with Crippen molar-refractivity contribution >= 4 is 23.6 Å². The predicted molar refractivity (Wildman–Crippen MR) is 106 cm³/mol. The zero-order valence-electron chi connectivity index (χ0n) is 15.5. The lowest BCUT2D eigenvalue weighted by Crippen LogP contribution is -2.36. The average Bonchev–Trinajstić information content (AvgIpc) is 2.64. The number of carbonyl (C=O) groups is 2. The highest BCUT2D eigenvalue weighted by molar-refractivity contribution is 7.99. The van der Waals surface area contributed by atoms with Crippen molar-refractivity contribution < 1.29 is 14.7 Å². The number of carbonyl (C=O) groups excluding carboxylic acids is 1. The van der Waals surface area contributed by atoms with Crippen LogP contribution in [0.1, 0.15) is 58.3 Å². The number of hydrogen-bond donors (Lipinski definition) is 2. The van der Waals surface area contributed by atoms with Gasteiger partial charge in [-0.2, -0.15) is 0 Å². The first kappa shape index (κ1) is 22.2. The molecule has 2 N–H and O–H groups in total. The van der Waals surface area contributed by atoms with Gasteiger partial charge in [-0.1, -0.05) is 38.3 Å². The lowest BCUT2D eigenvalue weighted by atomic mass is 10.1. The van der Waals surface area contributed by atoms with Gasteiger partial charge in [-0.3, -0.25) is 14.6 Å². The van der Waals surface area contributed by atoms with Crippen molar-refractivity contribution in [3.8, 4) is 0 Å². The van der Waals surface area contributed by atoms with E-state index >= 15 is 0 Å². The molecule has 0 aliphatic heterocycles. The van der Waals surface area contributed by atoms with Crippen LogP contribution < -0.4 is 5.32 Å². The van der Waals surface area contributed by atoms with Gasteiger partial charge in [0, 0.05) is 41.9 Å². The van der Waals surface area contributed by atoms with Crippen molar-refractivity contribution in [2.75, 3.05) is 5.75 Å². The van der Waals surface area contributed by atoms with Gasteiger partial charge in [0.05, 0.1) is 0 Å². The molecule has 0 bridgehead atoms. The number of aromatic nitrogens is 1. The fourth-order valence-corrected chi connectivity index (χ4v) is 3.37. The maximum Gasteiger partial charge on any atom is 0.303 e. The smallest absolute Gasteiger partial charge is 0.303 e. The van der Waals surface area contributed by atoms with Crippen LogP contribution in [0.3, 0.4) is 0 Å². The SMILES string of the molecule is CCCCCCC=CCC(=O)N[C@@H](CCC(=O)O)CSc1ccncc1. The second kappa shape index (κ2) is 14.4. The van der Waals surface area contributed by atoms with Gasteiger partial charge in [0.1, 0.15) is 0 Å². The van der Waals surface area contributed by atoms with Crippen LogP contribution >= 0.6 is 11.8 Å². The van der Waals surface area contributed by atoms with E-state index in [0.29, 0.717) is 18.6 Å². The third kappa shape index (κ3) is 11.7. The summed E-state index contributed by atoms with van der Waals surface area (Å²) in [4.78, 5) is 28.0. The molecule has 26 heavy (non-hydrogen) atoms. The van der Waals surface area contributed by atoms with E-state index in [1.807, 2.05) is 18.2 Å². The van der Waals surface area contributed by atoms with Gasteiger partial charge in [-0.15, -0.1) is 11.8 Å². The lowest BCUT2D eigenvalue weighted by molar-refractivity contribution is -0.137. The van der Waals surface area contributed by atoms with E-state index in [1.165, 1.54) is 19.3 Å². The average molecular weight is 379 g/mol. The topological polar surface area (TPSA) is 79.3 Å². The Kier molecular flexibility index (Phi) is 12.3. The zero-order chi connectivity index (χ0) is 19.0. The maximum atomic E-state index is 12.1. The van der Waals surface area contributed by atoms with Gasteiger partial charge in [0.15, 0.2) is 0 Å². The van der Waals surface area contributed by atoms with Gasteiger partial charge < -0.3 is 10.4 Å². The molecule has 0 saturated heterocycles. The minimum atomic E-state index is -0.842. The number of allylic oxidation sites excluding steroid dienone is 1. The van der Waals surface area contributed by atoms with Crippen molar-refractivity contribution in [2.45, 2.75) is 69.2 Å². The van der Waals surface area contributed by atoms with Crippen LogP contribution in [-0.4, -0.2) is 33.8 Å². The molecule has 0 spiro atoms. The number of carboxylic acid groups (broad SMARTS) is 1. The maximum absolute atomic E-state index is 12.1. The number of thioether (sulfide) groups is 1. The second-order valence-electron chi connectivity index (χ2n) is 6.22. The highest BCUT2D eigenvalue weighted by atomic mass is 32.2. The van der Waals surface area contributed by atoms with Gasteiger partial charge in [0.2, 0.25) is 5.91 Å². The molecule has 1 aromatic rings. The second-order valence-corrected chi connectivity index (χ2v) is 7.31. The first-order valence-corrected chi connectivity index (χ1v) is 10.3. The molecule has 0 aliphatic rings. The number of aliphatic carboxylic acids is 1. The van der Waals surface area contributed by atoms with Crippen LogP contribution in [0.25, 0.3) is 0 Å². The van der Waals surface area contributed by atoms with Crippen LogP contribution in [0.15, 0.2) is 41.6 Å². The number of carboxylic acids is 1. The lowest BCUT2D eigenvalue weighted by Gasteiger charge is -2.17. The number of rotatable bonds is 14. The molecular formula is C20H30N2O3S. The molecule has 5 nitrogen and oxygen atoms in total. The minimum Gasteiger partial charge on any atom is -0.481 e. The molecule has 0 fully saturated rings. The Morgan fingerprint density at radius 3 is 2.69 bits per heavy atom. The highest BCUT2D eigenvalue weighted by Crippen LogP contribution is 2.19. The van der Waals surface area contributed by atoms with E-state index in [0.717, 1.165) is 17.7 Å². The molecule has 1 heterocycles. The molecular weight excluding hydrogens is 348 g/mol. The Hall–Kier alpha value is -1.82. The normalized spacial score (nSPS) is 12.2. The van der Waals surface area contributed by atoms with E-state index in [-0.39, 0.29) is 18.4 Å². The summed E-state index contributed by atoms with van der Waals surface area (Å²) in [7, 11) is 0. The monoisotopic (exact) mass is 378 g/mol. The molecule has 144 valence electrons. The Labute approximate surface area is 160 Å². The summed E-state index contributed by atoms with van der Waals surface area (Å²) in [5.41, 5.74) is 0. The van der Waals surface area contributed by atoms with Crippen LogP contribution in [0, 0.1) is 0 Å². The quantitative estimate of drug-likeness (QED) is 0.284. The Morgan fingerprint density at radius 1 is 1.23 bits per heavy atom. The van der Waals surface area contributed by atoms with Crippen molar-refractivity contribution in [1.82, 2.24) is 10.3 Å². The standard InChI is InChI=1S/C20H30N2O3S/c1-2-3-4-5-6-7-8-9-19(23)22-17(10-11-20(24)25)16-26-18-12-14-21-15-13-18/h7-8,12-15,17H,2-6,9-11,16H2,1H3,(H,22,23)(H,24,25)/t17-/m0/s1. The number of amides is 1. The minimum absolute atomic E-state index is 0.0507. The van der Waals surface area contributed by atoms with E-state index < -0.39 is 5.97 Å². The first-order valence-electron chi connectivity index (χ1n) is 9.30. The third-order valence-electron chi connectivity index (χ3n) is 3.87. The van der Waals surface area contributed by atoms with Crippen molar-refractivity contribution in [3.05, 3.63) is 36.7 Å². The molecule has 1 atom stereocenters. The van der Waals surface area contributed by atoms with Crippen molar-refractivity contribution in [1.29, 1.82) is 0 Å². The molecule has 6 heteroatoms. The van der Waals surface area contributed by atoms with E-state index in [1.54, 1.807) is 24.2 Å². The van der Waals surface area contributed by atoms with E-state index in [4.69, 9.17) is 5.11 Å². The highest BCUT2D eigenvalue weighted by Gasteiger charge is 2.14. The van der Waals surface area contributed by atoms with Gasteiger partial charge in [0.25, 0.3) is 0 Å². The molecule has 0 saturated carbocycles. The number of pyridine rings is 1. The fourth-order valence-electron chi connectivity index (χ4n) is 2.41. The van der Waals surface area contributed by atoms with E-state index in [9.17, 15) is 9.59 Å². The third-order valence-corrected chi connectivity index (χ3v) is 5.04. The Bertz CT molecular complexity index is 549. The number of unbranched alkanes of at least 4 members (excludes halogenated alkanes) is 4. The largest absolute Gasteiger partial charge is 0.481 e. The molecule has 0 radical (unpaired) electrons. The van der Waals surface area contributed by atoms with Gasteiger partial charge in [-0.05, 0) is 31.4 Å². The molecule has 0 aliphatic carbocycles. The zero-order valence-corrected chi connectivity index (χ0v) is 16.3. The summed E-state index contributed by atoms with van der Waals surface area (Å²) in [6.45, 7) is 2.19. The summed E-state index contributed by atoms with van der Waals surface area (Å²) >= 11 is 1.60. The molecule has 1 rings (SSSR count). The van der Waals surface area contributed by atoms with Crippen LogP contribution in [0.2, 0.25) is 0 Å². The molecule has 1 amide bonds.